The summed E-state index contributed by atoms with van der Waals surface area (Å²) in [6.07, 6.45) is 0. The Morgan fingerprint density at radius 3 is 2.43 bits per heavy atom. The molecule has 110 valence electrons. The van der Waals surface area contributed by atoms with Crippen molar-refractivity contribution < 1.29 is 13.6 Å². The van der Waals surface area contributed by atoms with Crippen LogP contribution in [0.5, 0.6) is 0 Å². The molecule has 0 bridgehead atoms. The molecular formula is C16H16F2N2O. The Hall–Kier alpha value is -2.43. The van der Waals surface area contributed by atoms with E-state index < -0.39 is 17.7 Å². The van der Waals surface area contributed by atoms with E-state index in [9.17, 15) is 13.6 Å². The molecule has 5 heteroatoms. The Balaban J connectivity index is 2.01. The van der Waals surface area contributed by atoms with Gasteiger partial charge in [-0.1, -0.05) is 35.9 Å². The first-order valence-electron chi connectivity index (χ1n) is 6.55. The van der Waals surface area contributed by atoms with Crippen LogP contribution in [0.15, 0.2) is 42.5 Å². The van der Waals surface area contributed by atoms with Gasteiger partial charge in [0.05, 0.1) is 11.7 Å². The number of anilines is 1. The number of hydrogen-bond donors (Lipinski definition) is 2. The molecule has 0 saturated heterocycles. The van der Waals surface area contributed by atoms with Gasteiger partial charge in [-0.3, -0.25) is 0 Å². The zero-order valence-corrected chi connectivity index (χ0v) is 11.8. The van der Waals surface area contributed by atoms with Crippen LogP contribution in [0.4, 0.5) is 19.3 Å². The largest absolute Gasteiger partial charge is 0.331 e. The topological polar surface area (TPSA) is 41.1 Å². The van der Waals surface area contributed by atoms with E-state index in [0.29, 0.717) is 0 Å². The molecule has 2 aromatic rings. The van der Waals surface area contributed by atoms with Crippen molar-refractivity contribution in [2.75, 3.05) is 5.32 Å². The number of aryl methyl sites for hydroxylation is 1. The van der Waals surface area contributed by atoms with Gasteiger partial charge in [-0.05, 0) is 31.5 Å². The van der Waals surface area contributed by atoms with Crippen LogP contribution in [0, 0.1) is 18.6 Å². The van der Waals surface area contributed by atoms with Gasteiger partial charge in [0.15, 0.2) is 11.6 Å². The van der Waals surface area contributed by atoms with E-state index >= 15 is 0 Å². The maximum absolute atomic E-state index is 13.4. The number of nitrogens with one attached hydrogen (secondary N) is 2. The van der Waals surface area contributed by atoms with Gasteiger partial charge >= 0.3 is 6.03 Å². The van der Waals surface area contributed by atoms with E-state index in [1.54, 1.807) is 0 Å². The molecular weight excluding hydrogens is 274 g/mol. The predicted octanol–water partition coefficient (Wildman–Crippen LogP) is 4.16. The van der Waals surface area contributed by atoms with Crippen LogP contribution in [0.25, 0.3) is 0 Å². The molecule has 0 spiro atoms. The van der Waals surface area contributed by atoms with Crippen LogP contribution >= 0.6 is 0 Å². The second-order valence-corrected chi connectivity index (χ2v) is 4.83. The molecule has 2 amide bonds. The molecule has 2 rings (SSSR count). The van der Waals surface area contributed by atoms with Crippen LogP contribution in [0.3, 0.4) is 0 Å². The summed E-state index contributed by atoms with van der Waals surface area (Å²) >= 11 is 0. The van der Waals surface area contributed by atoms with Gasteiger partial charge in [0.25, 0.3) is 0 Å². The summed E-state index contributed by atoms with van der Waals surface area (Å²) in [6.45, 7) is 3.79. The molecule has 1 unspecified atom stereocenters. The molecule has 2 aromatic carbocycles. The van der Waals surface area contributed by atoms with Crippen LogP contribution in [-0.2, 0) is 0 Å². The highest BCUT2D eigenvalue weighted by molar-refractivity contribution is 5.89. The summed E-state index contributed by atoms with van der Waals surface area (Å²) in [5.74, 6) is -2.07. The number of halogens is 2. The molecule has 21 heavy (non-hydrogen) atoms. The van der Waals surface area contributed by atoms with Gasteiger partial charge in [0.2, 0.25) is 0 Å². The maximum Gasteiger partial charge on any atom is 0.319 e. The van der Waals surface area contributed by atoms with Gasteiger partial charge in [-0.15, -0.1) is 0 Å². The number of hydrogen-bond acceptors (Lipinski definition) is 1. The van der Waals surface area contributed by atoms with E-state index in [1.807, 2.05) is 38.1 Å². The monoisotopic (exact) mass is 290 g/mol. The van der Waals surface area contributed by atoms with E-state index in [-0.39, 0.29) is 11.7 Å². The third kappa shape index (κ3) is 3.78. The molecule has 0 radical (unpaired) electrons. The first-order valence-corrected chi connectivity index (χ1v) is 6.55. The third-order valence-corrected chi connectivity index (χ3v) is 3.12. The number of benzene rings is 2. The van der Waals surface area contributed by atoms with Crippen molar-refractivity contribution >= 4 is 11.7 Å². The minimum atomic E-state index is -1.07. The van der Waals surface area contributed by atoms with Gasteiger partial charge in [-0.25, -0.2) is 13.6 Å². The van der Waals surface area contributed by atoms with E-state index in [4.69, 9.17) is 0 Å². The lowest BCUT2D eigenvalue weighted by atomic mass is 10.1. The van der Waals surface area contributed by atoms with Crippen LogP contribution in [0.2, 0.25) is 0 Å². The summed E-state index contributed by atoms with van der Waals surface area (Å²) in [5, 5.41) is 4.97. The van der Waals surface area contributed by atoms with Crippen molar-refractivity contribution in [2.24, 2.45) is 0 Å². The fraction of sp³-hybridized carbons (Fsp3) is 0.188. The van der Waals surface area contributed by atoms with Crippen molar-refractivity contribution in [3.63, 3.8) is 0 Å². The molecule has 2 N–H and O–H groups in total. The Morgan fingerprint density at radius 2 is 1.76 bits per heavy atom. The summed E-state index contributed by atoms with van der Waals surface area (Å²) in [7, 11) is 0. The van der Waals surface area contributed by atoms with Gasteiger partial charge < -0.3 is 10.6 Å². The molecule has 1 atom stereocenters. The molecule has 3 nitrogen and oxygen atoms in total. The Morgan fingerprint density at radius 1 is 1.10 bits per heavy atom. The summed E-state index contributed by atoms with van der Waals surface area (Å²) in [5.41, 5.74) is 1.86. The number of carbonyl (C=O) groups is 1. The van der Waals surface area contributed by atoms with Crippen molar-refractivity contribution in [3.05, 3.63) is 65.2 Å². The summed E-state index contributed by atoms with van der Waals surface area (Å²) < 4.78 is 26.5. The quantitative estimate of drug-likeness (QED) is 0.875. The lowest BCUT2D eigenvalue weighted by molar-refractivity contribution is 0.249. The number of carbonyl (C=O) groups excluding carboxylic acids is 1. The zero-order chi connectivity index (χ0) is 15.4. The Kier molecular flexibility index (Phi) is 4.52. The highest BCUT2D eigenvalue weighted by atomic mass is 19.2. The average molecular weight is 290 g/mol. The van der Waals surface area contributed by atoms with Gasteiger partial charge in [0, 0.05) is 0 Å². The molecule has 0 aromatic heterocycles. The maximum atomic E-state index is 13.4. The molecule has 0 heterocycles. The first-order chi connectivity index (χ1) is 9.97. The fourth-order valence-corrected chi connectivity index (χ4v) is 1.89. The van der Waals surface area contributed by atoms with Crippen molar-refractivity contribution in [1.82, 2.24) is 5.32 Å². The highest BCUT2D eigenvalue weighted by Crippen LogP contribution is 2.17. The zero-order valence-electron chi connectivity index (χ0n) is 11.8. The standard InChI is InChI=1S/C16H16F2N2O/c1-10-6-8-12(9-7-10)11(2)19-16(21)20-14-5-3-4-13(17)15(14)18/h3-9,11H,1-2H3,(H2,19,20,21). The van der Waals surface area contributed by atoms with E-state index in [0.717, 1.165) is 17.2 Å². The van der Waals surface area contributed by atoms with Gasteiger partial charge in [-0.2, -0.15) is 0 Å². The normalized spacial score (nSPS) is 11.8. The van der Waals surface area contributed by atoms with Crippen LogP contribution < -0.4 is 10.6 Å². The van der Waals surface area contributed by atoms with Crippen LogP contribution in [-0.4, -0.2) is 6.03 Å². The minimum Gasteiger partial charge on any atom is -0.331 e. The molecule has 0 aliphatic heterocycles. The summed E-state index contributed by atoms with van der Waals surface area (Å²) in [4.78, 5) is 11.8. The van der Waals surface area contributed by atoms with Crippen molar-refractivity contribution in [3.8, 4) is 0 Å². The second-order valence-electron chi connectivity index (χ2n) is 4.83. The molecule has 0 fully saturated rings. The smallest absolute Gasteiger partial charge is 0.319 e. The highest BCUT2D eigenvalue weighted by Gasteiger charge is 2.13. The predicted molar refractivity (Wildman–Crippen MR) is 78.1 cm³/mol. The minimum absolute atomic E-state index is 0.191. The van der Waals surface area contributed by atoms with Crippen molar-refractivity contribution in [2.45, 2.75) is 19.9 Å². The van der Waals surface area contributed by atoms with Crippen LogP contribution in [0.1, 0.15) is 24.1 Å². The van der Waals surface area contributed by atoms with E-state index in [2.05, 4.69) is 10.6 Å². The van der Waals surface area contributed by atoms with E-state index in [1.165, 1.54) is 12.1 Å². The Labute approximate surface area is 122 Å². The molecule has 0 aliphatic rings. The van der Waals surface area contributed by atoms with Gasteiger partial charge in [0.1, 0.15) is 0 Å². The third-order valence-electron chi connectivity index (χ3n) is 3.12. The van der Waals surface area contributed by atoms with Crippen molar-refractivity contribution in [1.29, 1.82) is 0 Å². The fourth-order valence-electron chi connectivity index (χ4n) is 1.89. The second kappa shape index (κ2) is 6.35. The molecule has 0 aliphatic carbocycles. The summed E-state index contributed by atoms with van der Waals surface area (Å²) in [6, 6.07) is 10.5. The number of rotatable bonds is 3. The lowest BCUT2D eigenvalue weighted by Gasteiger charge is -2.15. The molecule has 0 saturated carbocycles. The SMILES string of the molecule is Cc1ccc(C(C)NC(=O)Nc2cccc(F)c2F)cc1. The Bertz CT molecular complexity index is 641. The first kappa shape index (κ1) is 15.0. The lowest BCUT2D eigenvalue weighted by Crippen LogP contribution is -2.31. The average Bonchev–Trinajstić information content (AvgIpc) is 2.44. The number of amides is 2. The number of urea groups is 1.